The van der Waals surface area contributed by atoms with Crippen LogP contribution in [0.15, 0.2) is 97.2 Å². The molecule has 0 aliphatic rings. The Kier molecular flexibility index (Phi) is 52.9. The molecule has 0 spiro atoms. The topological polar surface area (TPSA) is 78.9 Å². The average Bonchev–Trinajstić information content (AvgIpc) is 3.34. The van der Waals surface area contributed by atoms with Gasteiger partial charge < -0.3 is 14.2 Å². The van der Waals surface area contributed by atoms with Gasteiger partial charge in [0.1, 0.15) is 13.2 Å². The molecule has 0 bridgehead atoms. The number of carbonyl (C=O) groups is 3. The lowest BCUT2D eigenvalue weighted by Gasteiger charge is -2.18. The van der Waals surface area contributed by atoms with Crippen molar-refractivity contribution >= 4 is 17.9 Å². The maximum Gasteiger partial charge on any atom is 0.306 e. The van der Waals surface area contributed by atoms with Crippen LogP contribution in [0.2, 0.25) is 0 Å². The number of hydrogen-bond acceptors (Lipinski definition) is 6. The zero-order valence-electron chi connectivity index (χ0n) is 44.3. The smallest absolute Gasteiger partial charge is 0.306 e. The summed E-state index contributed by atoms with van der Waals surface area (Å²) in [7, 11) is 0. The second-order valence-electron chi connectivity index (χ2n) is 18.7. The average molecular weight is 946 g/mol. The van der Waals surface area contributed by atoms with Crippen LogP contribution in [0.3, 0.4) is 0 Å². The predicted molar refractivity (Wildman–Crippen MR) is 293 cm³/mol. The van der Waals surface area contributed by atoms with Gasteiger partial charge in [0.15, 0.2) is 6.10 Å². The van der Waals surface area contributed by atoms with Gasteiger partial charge in [0.05, 0.1) is 0 Å². The molecule has 68 heavy (non-hydrogen) atoms. The van der Waals surface area contributed by atoms with Gasteiger partial charge in [-0.15, -0.1) is 0 Å². The number of hydrogen-bond donors (Lipinski definition) is 0. The van der Waals surface area contributed by atoms with E-state index in [9.17, 15) is 14.4 Å². The normalized spacial score (nSPS) is 12.8. The minimum absolute atomic E-state index is 0.0938. The molecule has 0 radical (unpaired) electrons. The van der Waals surface area contributed by atoms with E-state index in [0.717, 1.165) is 109 Å². The highest BCUT2D eigenvalue weighted by Gasteiger charge is 2.19. The van der Waals surface area contributed by atoms with E-state index in [4.69, 9.17) is 14.2 Å². The molecule has 0 fully saturated rings. The lowest BCUT2D eigenvalue weighted by molar-refractivity contribution is -0.167. The first-order chi connectivity index (χ1) is 33.5. The van der Waals surface area contributed by atoms with Gasteiger partial charge in [-0.25, -0.2) is 0 Å². The van der Waals surface area contributed by atoms with Crippen molar-refractivity contribution in [1.29, 1.82) is 0 Å². The van der Waals surface area contributed by atoms with Crippen LogP contribution in [0, 0.1) is 0 Å². The third-order valence-electron chi connectivity index (χ3n) is 12.0. The maximum atomic E-state index is 12.8. The molecule has 0 N–H and O–H groups in total. The molecule has 0 aromatic rings. The minimum Gasteiger partial charge on any atom is -0.462 e. The Morgan fingerprint density at radius 2 is 0.603 bits per heavy atom. The maximum absolute atomic E-state index is 12.8. The summed E-state index contributed by atoms with van der Waals surface area (Å²) in [5, 5.41) is 0. The molecular weight excluding hydrogens is 841 g/mol. The van der Waals surface area contributed by atoms with Crippen LogP contribution in [-0.4, -0.2) is 37.2 Å². The fraction of sp³-hybridized carbons (Fsp3) is 0.694. The van der Waals surface area contributed by atoms with Crippen LogP contribution in [0.25, 0.3) is 0 Å². The molecule has 1 unspecified atom stereocenters. The summed E-state index contributed by atoms with van der Waals surface area (Å²) < 4.78 is 16.8. The van der Waals surface area contributed by atoms with E-state index in [1.165, 1.54) is 109 Å². The van der Waals surface area contributed by atoms with Crippen LogP contribution < -0.4 is 0 Å². The van der Waals surface area contributed by atoms with E-state index < -0.39 is 6.10 Å². The van der Waals surface area contributed by atoms with Crippen LogP contribution in [0.4, 0.5) is 0 Å². The molecule has 388 valence electrons. The van der Waals surface area contributed by atoms with E-state index in [1.54, 1.807) is 0 Å². The first-order valence-electron chi connectivity index (χ1n) is 28.3. The zero-order valence-corrected chi connectivity index (χ0v) is 44.3. The number of carbonyl (C=O) groups excluding carboxylic acids is 3. The van der Waals surface area contributed by atoms with Crippen LogP contribution >= 0.6 is 0 Å². The standard InChI is InChI=1S/C62H104O6/c1-4-7-10-13-16-19-22-25-27-29-31-33-34-37-40-43-46-49-52-55-61(64)67-58-59(57-66-60(63)54-51-48-45-42-39-36-24-21-18-15-12-9-6-3)68-62(65)56-53-50-47-44-41-38-35-32-30-28-26-23-20-17-14-11-8-5-2/h9,11-12,14-15,17-18,20-21,23-24,26,28,30,32,35,59H,4-8,10,13,16,19,22,25,27,29,31,33-34,36-58H2,1-3H3/b12-9+,14-11+,18-15+,20-17+,24-21+,26-23+,30-28+,35-32+. The molecule has 0 amide bonds. The Morgan fingerprint density at radius 1 is 0.309 bits per heavy atom. The van der Waals surface area contributed by atoms with Crippen LogP contribution in [0.1, 0.15) is 258 Å². The molecule has 1 atom stereocenters. The Balaban J connectivity index is 4.43. The van der Waals surface area contributed by atoms with Gasteiger partial charge >= 0.3 is 17.9 Å². The third kappa shape index (κ3) is 53.3. The summed E-state index contributed by atoms with van der Waals surface area (Å²) in [4.78, 5) is 38.1. The molecule has 0 aliphatic heterocycles. The molecule has 0 aromatic carbocycles. The van der Waals surface area contributed by atoms with E-state index in [2.05, 4.69) is 93.7 Å². The van der Waals surface area contributed by atoms with Crippen LogP contribution in [-0.2, 0) is 28.6 Å². The second-order valence-corrected chi connectivity index (χ2v) is 18.7. The Hall–Kier alpha value is -3.67. The summed E-state index contributed by atoms with van der Waals surface area (Å²) in [6, 6.07) is 0. The predicted octanol–water partition coefficient (Wildman–Crippen LogP) is 18.9. The van der Waals surface area contributed by atoms with E-state index in [0.29, 0.717) is 19.3 Å². The Bertz CT molecular complexity index is 1360. The van der Waals surface area contributed by atoms with Crippen molar-refractivity contribution in [2.75, 3.05) is 13.2 Å². The summed E-state index contributed by atoms with van der Waals surface area (Å²) >= 11 is 0. The van der Waals surface area contributed by atoms with Gasteiger partial charge in [-0.2, -0.15) is 0 Å². The highest BCUT2D eigenvalue weighted by molar-refractivity contribution is 5.71. The summed E-state index contributed by atoms with van der Waals surface area (Å²) in [6.07, 6.45) is 73.9. The Morgan fingerprint density at radius 3 is 0.956 bits per heavy atom. The first kappa shape index (κ1) is 64.3. The van der Waals surface area contributed by atoms with Gasteiger partial charge in [0.2, 0.25) is 0 Å². The van der Waals surface area contributed by atoms with Crippen molar-refractivity contribution in [2.45, 2.75) is 264 Å². The van der Waals surface area contributed by atoms with E-state index in [1.807, 2.05) is 24.3 Å². The van der Waals surface area contributed by atoms with Crippen molar-refractivity contribution in [1.82, 2.24) is 0 Å². The fourth-order valence-corrected chi connectivity index (χ4v) is 7.77. The monoisotopic (exact) mass is 945 g/mol. The highest BCUT2D eigenvalue weighted by Crippen LogP contribution is 2.16. The van der Waals surface area contributed by atoms with Crippen molar-refractivity contribution in [2.24, 2.45) is 0 Å². The molecular formula is C62H104O6. The Labute approximate surface area is 419 Å². The molecule has 0 aromatic heterocycles. The van der Waals surface area contributed by atoms with Gasteiger partial charge in [-0.3, -0.25) is 14.4 Å². The molecule has 6 heteroatoms. The molecule has 0 saturated heterocycles. The van der Waals surface area contributed by atoms with Crippen molar-refractivity contribution in [3.63, 3.8) is 0 Å². The van der Waals surface area contributed by atoms with Crippen molar-refractivity contribution in [3.8, 4) is 0 Å². The lowest BCUT2D eigenvalue weighted by Crippen LogP contribution is -2.30. The third-order valence-corrected chi connectivity index (χ3v) is 12.0. The molecule has 6 nitrogen and oxygen atoms in total. The second kappa shape index (κ2) is 55.9. The number of esters is 3. The first-order valence-corrected chi connectivity index (χ1v) is 28.3. The number of unbranched alkanes of at least 4 members (excludes halogenated alkanes) is 29. The fourth-order valence-electron chi connectivity index (χ4n) is 7.77. The molecule has 0 saturated carbocycles. The van der Waals surface area contributed by atoms with Gasteiger partial charge in [-0.05, 0) is 57.8 Å². The number of ether oxygens (including phenoxy) is 3. The largest absolute Gasteiger partial charge is 0.462 e. The van der Waals surface area contributed by atoms with Gasteiger partial charge in [-0.1, -0.05) is 279 Å². The highest BCUT2D eigenvalue weighted by atomic mass is 16.6. The van der Waals surface area contributed by atoms with Gasteiger partial charge in [0.25, 0.3) is 0 Å². The summed E-state index contributed by atoms with van der Waals surface area (Å²) in [5.74, 6) is -0.936. The quantitative estimate of drug-likeness (QED) is 0.0262. The SMILES string of the molecule is CC/C=C/C=C/C=C/CCCCCCCC(=O)OCC(COC(=O)CCCCCCCCCCCCCCCCCCCCC)OC(=O)CCCCCCC/C=C/C=C/C=C/C=C/C=C/CCC. The number of allylic oxidation sites excluding steroid dienone is 16. The van der Waals surface area contributed by atoms with Crippen molar-refractivity contribution in [3.05, 3.63) is 97.2 Å². The molecule has 0 heterocycles. The van der Waals surface area contributed by atoms with Crippen molar-refractivity contribution < 1.29 is 28.6 Å². The lowest BCUT2D eigenvalue weighted by atomic mass is 10.0. The zero-order chi connectivity index (χ0) is 49.3. The van der Waals surface area contributed by atoms with E-state index in [-0.39, 0.29) is 31.1 Å². The minimum atomic E-state index is -0.799. The summed E-state index contributed by atoms with van der Waals surface area (Å²) in [6.45, 7) is 6.39. The van der Waals surface area contributed by atoms with Gasteiger partial charge in [0, 0.05) is 19.3 Å². The number of rotatable bonds is 50. The van der Waals surface area contributed by atoms with Crippen LogP contribution in [0.5, 0.6) is 0 Å². The van der Waals surface area contributed by atoms with E-state index >= 15 is 0 Å². The molecule has 0 aliphatic carbocycles. The molecule has 0 rings (SSSR count). The summed E-state index contributed by atoms with van der Waals surface area (Å²) in [5.41, 5.74) is 0.